The van der Waals surface area contributed by atoms with Crippen LogP contribution in [0.15, 0.2) is 47.4 Å². The predicted octanol–water partition coefficient (Wildman–Crippen LogP) is 2.67. The molecule has 2 rings (SSSR count). The molecule has 0 saturated carbocycles. The third-order valence-electron chi connectivity index (χ3n) is 4.18. The fourth-order valence-electron chi connectivity index (χ4n) is 2.51. The molecular weight excluding hydrogens is 352 g/mol. The van der Waals surface area contributed by atoms with E-state index in [4.69, 9.17) is 4.74 Å². The first kappa shape index (κ1) is 19.9. The van der Waals surface area contributed by atoms with Crippen molar-refractivity contribution in [1.82, 2.24) is 4.31 Å². The summed E-state index contributed by atoms with van der Waals surface area (Å²) in [5.74, 6) is -0.554. The molecule has 0 atom stereocenters. The molecule has 7 heteroatoms. The van der Waals surface area contributed by atoms with Gasteiger partial charge in [-0.3, -0.25) is 0 Å². The van der Waals surface area contributed by atoms with Crippen LogP contribution in [-0.4, -0.2) is 46.9 Å². The van der Waals surface area contributed by atoms with Crippen molar-refractivity contribution >= 4 is 21.7 Å². The smallest absolute Gasteiger partial charge is 0.338 e. The first-order valence-corrected chi connectivity index (χ1v) is 9.52. The molecule has 2 aromatic carbocycles. The number of carbonyl (C=O) groups excluding carboxylic acids is 1. The van der Waals surface area contributed by atoms with Gasteiger partial charge in [-0.1, -0.05) is 18.2 Å². The topological polar surface area (TPSA) is 66.9 Å². The summed E-state index contributed by atoms with van der Waals surface area (Å²) in [6, 6.07) is 12.2. The Morgan fingerprint density at radius 3 is 2.19 bits per heavy atom. The Bertz CT molecular complexity index is 890. The Hall–Kier alpha value is -2.38. The number of hydrogen-bond donors (Lipinski definition) is 0. The molecule has 26 heavy (non-hydrogen) atoms. The van der Waals surface area contributed by atoms with Crippen LogP contribution >= 0.6 is 0 Å². The van der Waals surface area contributed by atoms with Gasteiger partial charge in [0, 0.05) is 33.4 Å². The number of methoxy groups -OCH3 is 1. The van der Waals surface area contributed by atoms with Gasteiger partial charge in [-0.05, 0) is 42.3 Å². The summed E-state index contributed by atoms with van der Waals surface area (Å²) in [7, 11) is 2.95. The van der Waals surface area contributed by atoms with E-state index < -0.39 is 16.0 Å². The van der Waals surface area contributed by atoms with Crippen LogP contribution in [0.4, 0.5) is 5.69 Å². The maximum Gasteiger partial charge on any atom is 0.338 e. The van der Waals surface area contributed by atoms with Crippen molar-refractivity contribution in [2.24, 2.45) is 0 Å². The molecule has 0 saturated heterocycles. The van der Waals surface area contributed by atoms with Crippen LogP contribution in [-0.2, 0) is 21.3 Å². The van der Waals surface area contributed by atoms with Gasteiger partial charge in [-0.15, -0.1) is 0 Å². The standard InChI is InChI=1S/C19H24N2O4S/c1-14-6-11-17(12-18(14)19(22)25-5)26(23,24)21(4)13-15-7-9-16(10-8-15)20(2)3/h6-12H,13H2,1-5H3. The molecule has 0 aromatic heterocycles. The highest BCUT2D eigenvalue weighted by Gasteiger charge is 2.23. The molecule has 0 heterocycles. The van der Waals surface area contributed by atoms with E-state index in [9.17, 15) is 13.2 Å². The summed E-state index contributed by atoms with van der Waals surface area (Å²) in [5.41, 5.74) is 2.83. The van der Waals surface area contributed by atoms with E-state index in [0.717, 1.165) is 11.3 Å². The largest absolute Gasteiger partial charge is 0.465 e. The first-order valence-electron chi connectivity index (χ1n) is 8.08. The number of nitrogens with zero attached hydrogens (tertiary/aromatic N) is 2. The fraction of sp³-hybridized carbons (Fsp3) is 0.316. The second-order valence-electron chi connectivity index (χ2n) is 6.29. The van der Waals surface area contributed by atoms with Crippen LogP contribution in [0, 0.1) is 6.92 Å². The van der Waals surface area contributed by atoms with Gasteiger partial charge in [0.05, 0.1) is 17.6 Å². The Kier molecular flexibility index (Phi) is 6.05. The van der Waals surface area contributed by atoms with Crippen LogP contribution in [0.1, 0.15) is 21.5 Å². The van der Waals surface area contributed by atoms with E-state index >= 15 is 0 Å². The Morgan fingerprint density at radius 1 is 1.04 bits per heavy atom. The van der Waals surface area contributed by atoms with Gasteiger partial charge in [0.2, 0.25) is 10.0 Å². The second-order valence-corrected chi connectivity index (χ2v) is 8.34. The van der Waals surface area contributed by atoms with Crippen LogP contribution < -0.4 is 4.90 Å². The molecule has 0 fully saturated rings. The van der Waals surface area contributed by atoms with Gasteiger partial charge < -0.3 is 9.64 Å². The molecule has 6 nitrogen and oxygen atoms in total. The molecule has 0 aliphatic rings. The zero-order chi connectivity index (χ0) is 19.5. The van der Waals surface area contributed by atoms with Gasteiger partial charge in [0.25, 0.3) is 0 Å². The molecule has 0 unspecified atom stereocenters. The molecule has 0 bridgehead atoms. The minimum atomic E-state index is -3.73. The van der Waals surface area contributed by atoms with E-state index in [2.05, 4.69) is 0 Å². The zero-order valence-electron chi connectivity index (χ0n) is 15.7. The van der Waals surface area contributed by atoms with Crippen molar-refractivity contribution in [2.75, 3.05) is 33.2 Å². The Labute approximate surface area is 155 Å². The zero-order valence-corrected chi connectivity index (χ0v) is 16.5. The molecular formula is C19H24N2O4S. The number of hydrogen-bond acceptors (Lipinski definition) is 5. The molecule has 140 valence electrons. The van der Waals surface area contributed by atoms with Crippen molar-refractivity contribution in [2.45, 2.75) is 18.4 Å². The van der Waals surface area contributed by atoms with Gasteiger partial charge in [-0.25, -0.2) is 13.2 Å². The van der Waals surface area contributed by atoms with E-state index in [1.54, 1.807) is 13.0 Å². The monoisotopic (exact) mass is 376 g/mol. The van der Waals surface area contributed by atoms with Crippen LogP contribution in [0.3, 0.4) is 0 Å². The van der Waals surface area contributed by atoms with Crippen molar-refractivity contribution < 1.29 is 17.9 Å². The summed E-state index contributed by atoms with van der Waals surface area (Å²) < 4.78 is 31.7. The average Bonchev–Trinajstić information content (AvgIpc) is 2.61. The van der Waals surface area contributed by atoms with Gasteiger partial charge in [-0.2, -0.15) is 4.31 Å². The fourth-order valence-corrected chi connectivity index (χ4v) is 3.70. The molecule has 0 aliphatic heterocycles. The van der Waals surface area contributed by atoms with Crippen molar-refractivity contribution in [3.63, 3.8) is 0 Å². The lowest BCUT2D eigenvalue weighted by Gasteiger charge is -2.19. The van der Waals surface area contributed by atoms with E-state index in [1.807, 2.05) is 43.3 Å². The molecule has 0 radical (unpaired) electrons. The highest BCUT2D eigenvalue weighted by molar-refractivity contribution is 7.89. The van der Waals surface area contributed by atoms with Crippen LogP contribution in [0.2, 0.25) is 0 Å². The quantitative estimate of drug-likeness (QED) is 0.725. The number of anilines is 1. The van der Waals surface area contributed by atoms with Crippen LogP contribution in [0.25, 0.3) is 0 Å². The normalized spacial score (nSPS) is 11.5. The van der Waals surface area contributed by atoms with E-state index in [-0.39, 0.29) is 17.0 Å². The third-order valence-corrected chi connectivity index (χ3v) is 5.98. The number of ether oxygens (including phenoxy) is 1. The van der Waals surface area contributed by atoms with Crippen molar-refractivity contribution in [1.29, 1.82) is 0 Å². The summed E-state index contributed by atoms with van der Waals surface area (Å²) in [6.07, 6.45) is 0. The Balaban J connectivity index is 2.27. The van der Waals surface area contributed by atoms with Gasteiger partial charge in [0.15, 0.2) is 0 Å². The highest BCUT2D eigenvalue weighted by atomic mass is 32.2. The third kappa shape index (κ3) is 4.23. The van der Waals surface area contributed by atoms with Crippen LogP contribution in [0.5, 0.6) is 0 Å². The number of carbonyl (C=O) groups is 1. The first-order chi connectivity index (χ1) is 12.2. The van der Waals surface area contributed by atoms with Crippen molar-refractivity contribution in [3.8, 4) is 0 Å². The maximum atomic E-state index is 12.9. The minimum Gasteiger partial charge on any atom is -0.465 e. The number of benzene rings is 2. The lowest BCUT2D eigenvalue weighted by Crippen LogP contribution is -2.26. The van der Waals surface area contributed by atoms with Gasteiger partial charge in [0.1, 0.15) is 0 Å². The van der Waals surface area contributed by atoms with Crippen molar-refractivity contribution in [3.05, 3.63) is 59.2 Å². The lowest BCUT2D eigenvalue weighted by molar-refractivity contribution is 0.0599. The Morgan fingerprint density at radius 2 is 1.65 bits per heavy atom. The molecule has 0 aliphatic carbocycles. The van der Waals surface area contributed by atoms with Gasteiger partial charge >= 0.3 is 5.97 Å². The summed E-state index contributed by atoms with van der Waals surface area (Å²) in [4.78, 5) is 13.9. The lowest BCUT2D eigenvalue weighted by atomic mass is 10.1. The predicted molar refractivity (Wildman–Crippen MR) is 102 cm³/mol. The number of sulfonamides is 1. The summed E-state index contributed by atoms with van der Waals surface area (Å²) >= 11 is 0. The summed E-state index contributed by atoms with van der Waals surface area (Å²) in [6.45, 7) is 1.97. The SMILES string of the molecule is COC(=O)c1cc(S(=O)(=O)N(C)Cc2ccc(N(C)C)cc2)ccc1C. The maximum absolute atomic E-state index is 12.9. The van der Waals surface area contributed by atoms with E-state index in [0.29, 0.717) is 5.56 Å². The molecule has 0 amide bonds. The highest BCUT2D eigenvalue weighted by Crippen LogP contribution is 2.21. The molecule has 0 N–H and O–H groups in total. The number of esters is 1. The number of aryl methyl sites for hydroxylation is 1. The average molecular weight is 376 g/mol. The molecule has 2 aromatic rings. The minimum absolute atomic E-state index is 0.0657. The summed E-state index contributed by atoms with van der Waals surface area (Å²) in [5, 5.41) is 0. The van der Waals surface area contributed by atoms with E-state index in [1.165, 1.54) is 30.6 Å². The second kappa shape index (κ2) is 7.88. The molecule has 0 spiro atoms. The number of rotatable bonds is 6.